The second-order valence-electron chi connectivity index (χ2n) is 3.97. The van der Waals surface area contributed by atoms with Crippen molar-refractivity contribution in [1.29, 1.82) is 0 Å². The summed E-state index contributed by atoms with van der Waals surface area (Å²) in [4.78, 5) is 12.0. The molecule has 1 N–H and O–H groups in total. The molecule has 0 bridgehead atoms. The number of hydrogen-bond donors (Lipinski definition) is 1. The summed E-state index contributed by atoms with van der Waals surface area (Å²) in [6.45, 7) is 2.13. The third-order valence-electron chi connectivity index (χ3n) is 2.91. The molecule has 0 saturated carbocycles. The van der Waals surface area contributed by atoms with Gasteiger partial charge in [0.25, 0.3) is 0 Å². The van der Waals surface area contributed by atoms with Gasteiger partial charge in [-0.25, -0.2) is 9.97 Å². The molecule has 92 valence electrons. The van der Waals surface area contributed by atoms with Gasteiger partial charge in [-0.15, -0.1) is 11.3 Å². The van der Waals surface area contributed by atoms with Crippen molar-refractivity contribution in [2.45, 2.75) is 19.4 Å². The Labute approximate surface area is 113 Å². The molecular weight excluding hydrogens is 264 g/mol. The van der Waals surface area contributed by atoms with Crippen LogP contribution in [0, 0.1) is 4.77 Å². The number of fused-ring (bicyclic) bond motifs is 1. The zero-order valence-electron chi connectivity index (χ0n) is 9.83. The molecule has 0 saturated heterocycles. The van der Waals surface area contributed by atoms with Gasteiger partial charge < -0.3 is 4.98 Å². The predicted molar refractivity (Wildman–Crippen MR) is 75.5 cm³/mol. The molecular formula is C12H12N4S2. The first-order valence-corrected chi connectivity index (χ1v) is 7.04. The van der Waals surface area contributed by atoms with Crippen molar-refractivity contribution >= 4 is 34.7 Å². The Morgan fingerprint density at radius 3 is 3.06 bits per heavy atom. The first-order chi connectivity index (χ1) is 8.81. The molecule has 4 nitrogen and oxygen atoms in total. The Morgan fingerprint density at radius 2 is 2.33 bits per heavy atom. The molecule has 0 spiro atoms. The maximum atomic E-state index is 5.41. The lowest BCUT2D eigenvalue weighted by Gasteiger charge is -2.14. The minimum atomic E-state index is 0.154. The number of pyridine rings is 1. The van der Waals surface area contributed by atoms with E-state index < -0.39 is 0 Å². The number of imidazole rings is 1. The molecule has 1 unspecified atom stereocenters. The molecule has 0 aliphatic carbocycles. The molecule has 0 fully saturated rings. The fourth-order valence-corrected chi connectivity index (χ4v) is 3.25. The first-order valence-electron chi connectivity index (χ1n) is 5.76. The van der Waals surface area contributed by atoms with Crippen LogP contribution in [0.3, 0.4) is 0 Å². The number of nitrogens with one attached hydrogen (secondary N) is 1. The summed E-state index contributed by atoms with van der Waals surface area (Å²) in [6.07, 6.45) is 4.55. The zero-order chi connectivity index (χ0) is 12.5. The van der Waals surface area contributed by atoms with E-state index in [1.807, 2.05) is 23.7 Å². The summed E-state index contributed by atoms with van der Waals surface area (Å²) in [7, 11) is 0. The Bertz CT molecular complexity index is 711. The van der Waals surface area contributed by atoms with E-state index in [1.54, 1.807) is 17.5 Å². The Balaban J connectivity index is 2.24. The standard InChI is InChI=1S/C12H12N4S2/c1-2-9(11-14-6-7-18-11)16-10-8(15-12(16)17)4-3-5-13-10/h3-7,9H,2H2,1H3,(H,15,17). The number of hydrogen-bond acceptors (Lipinski definition) is 4. The van der Waals surface area contributed by atoms with Gasteiger partial charge in [-0.1, -0.05) is 6.92 Å². The van der Waals surface area contributed by atoms with Gasteiger partial charge in [0.15, 0.2) is 10.4 Å². The van der Waals surface area contributed by atoms with Crippen LogP contribution in [-0.2, 0) is 0 Å². The van der Waals surface area contributed by atoms with Crippen LogP contribution < -0.4 is 0 Å². The highest BCUT2D eigenvalue weighted by Gasteiger charge is 2.18. The summed E-state index contributed by atoms with van der Waals surface area (Å²) < 4.78 is 2.76. The van der Waals surface area contributed by atoms with Crippen LogP contribution in [0.4, 0.5) is 0 Å². The highest BCUT2D eigenvalue weighted by atomic mass is 32.1. The number of thiazole rings is 1. The summed E-state index contributed by atoms with van der Waals surface area (Å²) in [6, 6.07) is 4.05. The topological polar surface area (TPSA) is 46.5 Å². The van der Waals surface area contributed by atoms with Crippen molar-refractivity contribution in [3.8, 4) is 0 Å². The smallest absolute Gasteiger partial charge is 0.179 e. The van der Waals surface area contributed by atoms with Gasteiger partial charge in [-0.05, 0) is 30.8 Å². The molecule has 6 heteroatoms. The van der Waals surface area contributed by atoms with Gasteiger partial charge in [0.1, 0.15) is 5.01 Å². The van der Waals surface area contributed by atoms with Gasteiger partial charge in [0, 0.05) is 17.8 Å². The Hall–Kier alpha value is -1.53. The molecule has 0 amide bonds. The van der Waals surface area contributed by atoms with Gasteiger partial charge >= 0.3 is 0 Å². The van der Waals surface area contributed by atoms with Crippen LogP contribution in [0.1, 0.15) is 24.4 Å². The second-order valence-corrected chi connectivity index (χ2v) is 5.28. The zero-order valence-corrected chi connectivity index (χ0v) is 11.5. The van der Waals surface area contributed by atoms with E-state index in [0.29, 0.717) is 4.77 Å². The van der Waals surface area contributed by atoms with Gasteiger partial charge in [-0.3, -0.25) is 4.57 Å². The summed E-state index contributed by atoms with van der Waals surface area (Å²) in [5, 5.41) is 3.06. The van der Waals surface area contributed by atoms with Crippen molar-refractivity contribution in [2.75, 3.05) is 0 Å². The molecule has 3 heterocycles. The Kier molecular flexibility index (Phi) is 2.97. The van der Waals surface area contributed by atoms with Crippen molar-refractivity contribution in [2.24, 2.45) is 0 Å². The molecule has 3 aromatic heterocycles. The van der Waals surface area contributed by atoms with Gasteiger partial charge in [0.05, 0.1) is 11.6 Å². The van der Waals surface area contributed by atoms with E-state index in [0.717, 1.165) is 22.6 Å². The predicted octanol–water partition coefficient (Wildman–Crippen LogP) is 3.55. The molecule has 0 aliphatic rings. The summed E-state index contributed by atoms with van der Waals surface area (Å²) >= 11 is 7.06. The van der Waals surface area contributed by atoms with Crippen LogP contribution in [0.2, 0.25) is 0 Å². The highest BCUT2D eigenvalue weighted by molar-refractivity contribution is 7.71. The highest BCUT2D eigenvalue weighted by Crippen LogP contribution is 2.27. The normalized spacial score (nSPS) is 12.9. The fraction of sp³-hybridized carbons (Fsp3) is 0.250. The van der Waals surface area contributed by atoms with Crippen molar-refractivity contribution in [3.63, 3.8) is 0 Å². The van der Waals surface area contributed by atoms with Crippen molar-refractivity contribution in [1.82, 2.24) is 19.5 Å². The lowest BCUT2D eigenvalue weighted by Crippen LogP contribution is -2.10. The number of nitrogens with zero attached hydrogens (tertiary/aromatic N) is 3. The second kappa shape index (κ2) is 4.62. The molecule has 0 aromatic carbocycles. The molecule has 1 atom stereocenters. The van der Waals surface area contributed by atoms with E-state index in [4.69, 9.17) is 12.2 Å². The van der Waals surface area contributed by atoms with Crippen molar-refractivity contribution in [3.05, 3.63) is 39.7 Å². The molecule has 3 aromatic rings. The first kappa shape index (κ1) is 11.6. The number of aromatic amines is 1. The van der Waals surface area contributed by atoms with Crippen LogP contribution in [0.15, 0.2) is 29.9 Å². The van der Waals surface area contributed by atoms with Crippen LogP contribution in [0.5, 0.6) is 0 Å². The maximum Gasteiger partial charge on any atom is 0.179 e. The fourth-order valence-electron chi connectivity index (χ4n) is 2.11. The summed E-state index contributed by atoms with van der Waals surface area (Å²) in [5.41, 5.74) is 1.86. The van der Waals surface area contributed by atoms with Crippen molar-refractivity contribution < 1.29 is 0 Å². The third-order valence-corrected chi connectivity index (χ3v) is 4.09. The number of aromatic nitrogens is 4. The lowest BCUT2D eigenvalue weighted by atomic mass is 10.2. The summed E-state index contributed by atoms with van der Waals surface area (Å²) in [5.74, 6) is 0. The van der Waals surface area contributed by atoms with E-state index in [9.17, 15) is 0 Å². The van der Waals surface area contributed by atoms with E-state index >= 15 is 0 Å². The molecule has 0 aliphatic heterocycles. The van der Waals surface area contributed by atoms with Gasteiger partial charge in [0.2, 0.25) is 0 Å². The van der Waals surface area contributed by atoms with Crippen LogP contribution in [-0.4, -0.2) is 19.5 Å². The average molecular weight is 276 g/mol. The number of H-pyrrole nitrogens is 1. The minimum Gasteiger partial charge on any atom is -0.329 e. The molecule has 3 rings (SSSR count). The molecule has 0 radical (unpaired) electrons. The largest absolute Gasteiger partial charge is 0.329 e. The molecule has 18 heavy (non-hydrogen) atoms. The van der Waals surface area contributed by atoms with E-state index in [1.165, 1.54) is 0 Å². The lowest BCUT2D eigenvalue weighted by molar-refractivity contribution is 0.568. The maximum absolute atomic E-state index is 5.41. The third kappa shape index (κ3) is 1.77. The quantitative estimate of drug-likeness (QED) is 0.744. The minimum absolute atomic E-state index is 0.154. The van der Waals surface area contributed by atoms with E-state index in [-0.39, 0.29) is 6.04 Å². The van der Waals surface area contributed by atoms with Crippen LogP contribution in [0.25, 0.3) is 11.2 Å². The van der Waals surface area contributed by atoms with Crippen LogP contribution >= 0.6 is 23.6 Å². The average Bonchev–Trinajstić information content (AvgIpc) is 2.99. The monoisotopic (exact) mass is 276 g/mol. The van der Waals surface area contributed by atoms with E-state index in [2.05, 4.69) is 26.4 Å². The number of rotatable bonds is 3. The SMILES string of the molecule is CCC(c1nccs1)n1c(=S)[nH]c2cccnc21. The van der Waals surface area contributed by atoms with Gasteiger partial charge in [-0.2, -0.15) is 0 Å². The Morgan fingerprint density at radius 1 is 1.44 bits per heavy atom.